The van der Waals surface area contributed by atoms with Crippen molar-refractivity contribution in [3.05, 3.63) is 39.9 Å². The molecule has 3 rings (SSSR count). The van der Waals surface area contributed by atoms with Crippen molar-refractivity contribution in [3.63, 3.8) is 0 Å². The van der Waals surface area contributed by atoms with Crippen molar-refractivity contribution in [2.24, 2.45) is 0 Å². The molecule has 0 spiro atoms. The minimum absolute atomic E-state index is 0.415. The number of phenols is 1. The smallest absolute Gasteiger partial charge is 0.120 e. The van der Waals surface area contributed by atoms with Crippen molar-refractivity contribution in [2.45, 2.75) is 26.7 Å². The van der Waals surface area contributed by atoms with Gasteiger partial charge in [0.05, 0.1) is 0 Å². The van der Waals surface area contributed by atoms with Crippen LogP contribution in [0.3, 0.4) is 0 Å². The van der Waals surface area contributed by atoms with E-state index in [9.17, 15) is 5.11 Å². The number of aromatic hydroxyl groups is 1. The Bertz CT molecular complexity index is 773. The molecule has 0 saturated carbocycles. The summed E-state index contributed by atoms with van der Waals surface area (Å²) in [6.45, 7) is 4.25. The summed E-state index contributed by atoms with van der Waals surface area (Å²) in [6.07, 6.45) is 1.87. The standard InChI is InChI=1S/C16H15BrOS/c1-3-9-7-12-11-5-6-13(17)10(4-2)16(11)19-15(12)8-14(9)18/h5-8,18H,3-4H2,1-2H3. The lowest BCUT2D eigenvalue weighted by Gasteiger charge is -2.03. The van der Waals surface area contributed by atoms with E-state index in [1.54, 1.807) is 11.3 Å². The predicted octanol–water partition coefficient (Wildman–Crippen LogP) is 5.65. The van der Waals surface area contributed by atoms with Crippen LogP contribution in [0, 0.1) is 0 Å². The first kappa shape index (κ1) is 12.9. The number of hydrogen-bond acceptors (Lipinski definition) is 2. The number of fused-ring (bicyclic) bond motifs is 3. The number of rotatable bonds is 2. The van der Waals surface area contributed by atoms with Crippen molar-refractivity contribution < 1.29 is 5.11 Å². The summed E-state index contributed by atoms with van der Waals surface area (Å²) < 4.78 is 3.67. The van der Waals surface area contributed by atoms with E-state index < -0.39 is 0 Å². The molecule has 1 heterocycles. The zero-order chi connectivity index (χ0) is 13.6. The monoisotopic (exact) mass is 334 g/mol. The van der Waals surface area contributed by atoms with Crippen molar-refractivity contribution in [1.29, 1.82) is 0 Å². The molecule has 1 aromatic heterocycles. The molecule has 1 N–H and O–H groups in total. The average Bonchev–Trinajstić information content (AvgIpc) is 2.74. The van der Waals surface area contributed by atoms with E-state index in [2.05, 4.69) is 48.0 Å². The van der Waals surface area contributed by atoms with Gasteiger partial charge < -0.3 is 5.11 Å². The van der Waals surface area contributed by atoms with Crippen LogP contribution in [0.5, 0.6) is 5.75 Å². The molecule has 3 heteroatoms. The van der Waals surface area contributed by atoms with E-state index in [4.69, 9.17) is 0 Å². The lowest BCUT2D eigenvalue weighted by molar-refractivity contribution is 0.470. The lowest BCUT2D eigenvalue weighted by atomic mass is 10.0. The number of halogens is 1. The zero-order valence-corrected chi connectivity index (χ0v) is 13.4. The molecule has 98 valence electrons. The fourth-order valence-electron chi connectivity index (χ4n) is 2.56. The van der Waals surface area contributed by atoms with Crippen LogP contribution in [0.2, 0.25) is 0 Å². The highest BCUT2D eigenvalue weighted by atomic mass is 79.9. The molecule has 0 atom stereocenters. The first-order chi connectivity index (χ1) is 9.15. The van der Waals surface area contributed by atoms with Crippen LogP contribution in [-0.2, 0) is 12.8 Å². The normalized spacial score (nSPS) is 11.5. The minimum Gasteiger partial charge on any atom is -0.508 e. The molecule has 2 aromatic carbocycles. The molecule has 0 amide bonds. The van der Waals surface area contributed by atoms with Gasteiger partial charge in [0, 0.05) is 24.6 Å². The van der Waals surface area contributed by atoms with Crippen LogP contribution in [0.15, 0.2) is 28.7 Å². The molecule has 0 fully saturated rings. The molecule has 0 unspecified atom stereocenters. The molecule has 1 nitrogen and oxygen atoms in total. The van der Waals surface area contributed by atoms with Crippen molar-refractivity contribution >= 4 is 47.4 Å². The molecule has 19 heavy (non-hydrogen) atoms. The second kappa shape index (κ2) is 4.80. The Morgan fingerprint density at radius 3 is 2.58 bits per heavy atom. The topological polar surface area (TPSA) is 20.2 Å². The van der Waals surface area contributed by atoms with Crippen LogP contribution in [-0.4, -0.2) is 5.11 Å². The molecular formula is C16H15BrOS. The third-order valence-corrected chi connectivity index (χ3v) is 5.59. The Morgan fingerprint density at radius 1 is 1.11 bits per heavy atom. The highest BCUT2D eigenvalue weighted by Crippen LogP contribution is 2.41. The second-order valence-corrected chi connectivity index (χ2v) is 6.60. The van der Waals surface area contributed by atoms with E-state index in [-0.39, 0.29) is 0 Å². The van der Waals surface area contributed by atoms with E-state index in [0.29, 0.717) is 5.75 Å². The van der Waals surface area contributed by atoms with Crippen LogP contribution < -0.4 is 0 Å². The summed E-state index contributed by atoms with van der Waals surface area (Å²) in [7, 11) is 0. The number of thiophene rings is 1. The molecule has 3 aromatic rings. The van der Waals surface area contributed by atoms with Gasteiger partial charge in [0.25, 0.3) is 0 Å². The highest BCUT2D eigenvalue weighted by Gasteiger charge is 2.12. The Balaban J connectivity index is 2.45. The molecule has 0 saturated heterocycles. The Labute approximate surface area is 125 Å². The van der Waals surface area contributed by atoms with Gasteiger partial charge in [-0.05, 0) is 42.2 Å². The van der Waals surface area contributed by atoms with Gasteiger partial charge in [0.1, 0.15) is 5.75 Å². The molecule has 0 aliphatic carbocycles. The number of aryl methyl sites for hydroxylation is 2. The molecule has 0 aliphatic rings. The van der Waals surface area contributed by atoms with Gasteiger partial charge in [-0.15, -0.1) is 11.3 Å². The van der Waals surface area contributed by atoms with Gasteiger partial charge in [-0.3, -0.25) is 0 Å². The van der Waals surface area contributed by atoms with Crippen molar-refractivity contribution in [3.8, 4) is 5.75 Å². The van der Waals surface area contributed by atoms with Gasteiger partial charge >= 0.3 is 0 Å². The van der Waals surface area contributed by atoms with Gasteiger partial charge in [0.2, 0.25) is 0 Å². The number of benzene rings is 2. The quantitative estimate of drug-likeness (QED) is 0.642. The first-order valence-electron chi connectivity index (χ1n) is 6.51. The SMILES string of the molecule is CCc1cc2c(cc1O)sc1c(CC)c(Br)ccc12. The van der Waals surface area contributed by atoms with Gasteiger partial charge in [-0.1, -0.05) is 35.8 Å². The predicted molar refractivity (Wildman–Crippen MR) is 87.5 cm³/mol. The fraction of sp³-hybridized carbons (Fsp3) is 0.250. The second-order valence-electron chi connectivity index (χ2n) is 4.69. The van der Waals surface area contributed by atoms with Crippen LogP contribution >= 0.6 is 27.3 Å². The zero-order valence-electron chi connectivity index (χ0n) is 11.0. The van der Waals surface area contributed by atoms with E-state index in [1.807, 2.05) is 6.07 Å². The highest BCUT2D eigenvalue weighted by molar-refractivity contribution is 9.10. The molecule has 0 radical (unpaired) electrons. The molecule has 0 aliphatic heterocycles. The van der Waals surface area contributed by atoms with Crippen molar-refractivity contribution in [1.82, 2.24) is 0 Å². The van der Waals surface area contributed by atoms with Crippen LogP contribution in [0.4, 0.5) is 0 Å². The summed E-state index contributed by atoms with van der Waals surface area (Å²) in [5.41, 5.74) is 2.38. The fourth-order valence-corrected chi connectivity index (χ4v) is 4.64. The summed E-state index contributed by atoms with van der Waals surface area (Å²) >= 11 is 5.41. The number of phenolic OH excluding ortho intramolecular Hbond substituents is 1. The molecule has 0 bridgehead atoms. The van der Waals surface area contributed by atoms with Gasteiger partial charge in [-0.25, -0.2) is 0 Å². The number of hydrogen-bond donors (Lipinski definition) is 1. The molecular weight excluding hydrogens is 320 g/mol. The van der Waals surface area contributed by atoms with Crippen LogP contribution in [0.1, 0.15) is 25.0 Å². The summed E-state index contributed by atoms with van der Waals surface area (Å²) in [5.74, 6) is 0.415. The maximum atomic E-state index is 10.0. The minimum atomic E-state index is 0.415. The Hall–Kier alpha value is -1.06. The largest absolute Gasteiger partial charge is 0.508 e. The average molecular weight is 335 g/mol. The van der Waals surface area contributed by atoms with Gasteiger partial charge in [0.15, 0.2) is 0 Å². The summed E-state index contributed by atoms with van der Waals surface area (Å²) in [5, 5.41) is 12.6. The lowest BCUT2D eigenvalue weighted by Crippen LogP contribution is -1.83. The Kier molecular flexibility index (Phi) is 3.27. The van der Waals surface area contributed by atoms with Crippen molar-refractivity contribution in [2.75, 3.05) is 0 Å². The third kappa shape index (κ3) is 1.96. The first-order valence-corrected chi connectivity index (χ1v) is 8.12. The summed E-state index contributed by atoms with van der Waals surface area (Å²) in [4.78, 5) is 0. The summed E-state index contributed by atoms with van der Waals surface area (Å²) in [6, 6.07) is 8.35. The van der Waals surface area contributed by atoms with Crippen LogP contribution in [0.25, 0.3) is 20.2 Å². The Morgan fingerprint density at radius 2 is 1.89 bits per heavy atom. The maximum Gasteiger partial charge on any atom is 0.120 e. The van der Waals surface area contributed by atoms with E-state index in [1.165, 1.54) is 25.5 Å². The van der Waals surface area contributed by atoms with Gasteiger partial charge in [-0.2, -0.15) is 0 Å². The third-order valence-electron chi connectivity index (χ3n) is 3.62. The van der Waals surface area contributed by atoms with E-state index in [0.717, 1.165) is 23.1 Å². The van der Waals surface area contributed by atoms with E-state index >= 15 is 0 Å². The maximum absolute atomic E-state index is 10.0.